The Morgan fingerprint density at radius 1 is 1.33 bits per heavy atom. The van der Waals surface area contributed by atoms with Gasteiger partial charge in [0.15, 0.2) is 5.13 Å². The zero-order chi connectivity index (χ0) is 13.0. The number of benzene rings is 1. The van der Waals surface area contributed by atoms with E-state index in [1.807, 2.05) is 18.2 Å². The molecule has 0 saturated heterocycles. The van der Waals surface area contributed by atoms with Crippen molar-refractivity contribution >= 4 is 28.1 Å². The minimum absolute atomic E-state index is 0.504. The summed E-state index contributed by atoms with van der Waals surface area (Å²) in [6, 6.07) is 5.71. The Labute approximate surface area is 115 Å². The van der Waals surface area contributed by atoms with Crippen molar-refractivity contribution in [2.24, 2.45) is 0 Å². The number of nitrogens with one attached hydrogen (secondary N) is 1. The van der Waals surface area contributed by atoms with Crippen LogP contribution >= 0.6 is 22.9 Å². The molecule has 0 aliphatic carbocycles. The molecule has 1 aromatic heterocycles. The molecule has 2 rings (SSSR count). The summed E-state index contributed by atoms with van der Waals surface area (Å²) in [5.41, 5.74) is 1.03. The van der Waals surface area contributed by atoms with Gasteiger partial charge >= 0.3 is 0 Å². The number of halogens is 1. The van der Waals surface area contributed by atoms with Gasteiger partial charge in [0.05, 0.1) is 14.2 Å². The first kappa shape index (κ1) is 13.0. The number of rotatable bonds is 5. The Morgan fingerprint density at radius 2 is 2.17 bits per heavy atom. The van der Waals surface area contributed by atoms with Crippen LogP contribution in [0.25, 0.3) is 0 Å². The molecule has 4 nitrogen and oxygen atoms in total. The average molecular weight is 285 g/mol. The molecular formula is C12H13ClN2O2S. The summed E-state index contributed by atoms with van der Waals surface area (Å²) in [6.07, 6.45) is 0. The van der Waals surface area contributed by atoms with Crippen molar-refractivity contribution in [3.8, 4) is 11.5 Å². The van der Waals surface area contributed by atoms with E-state index in [0.29, 0.717) is 11.7 Å². The van der Waals surface area contributed by atoms with Crippen LogP contribution in [0.4, 0.5) is 5.13 Å². The summed E-state index contributed by atoms with van der Waals surface area (Å²) < 4.78 is 10.5. The van der Waals surface area contributed by atoms with Gasteiger partial charge in [-0.25, -0.2) is 4.98 Å². The third-order valence-electron chi connectivity index (χ3n) is 2.40. The summed E-state index contributed by atoms with van der Waals surface area (Å²) in [5.74, 6) is 1.55. The molecule has 1 N–H and O–H groups in total. The summed E-state index contributed by atoms with van der Waals surface area (Å²) >= 11 is 7.23. The van der Waals surface area contributed by atoms with Crippen LogP contribution in [0.3, 0.4) is 0 Å². The topological polar surface area (TPSA) is 43.4 Å². The van der Waals surface area contributed by atoms with E-state index >= 15 is 0 Å². The second kappa shape index (κ2) is 5.93. The van der Waals surface area contributed by atoms with Gasteiger partial charge in [-0.05, 0) is 12.1 Å². The van der Waals surface area contributed by atoms with Crippen molar-refractivity contribution in [3.63, 3.8) is 0 Å². The second-order valence-electron chi connectivity index (χ2n) is 3.51. The first-order valence-electron chi connectivity index (χ1n) is 5.28. The van der Waals surface area contributed by atoms with Crippen LogP contribution in [0.5, 0.6) is 11.5 Å². The van der Waals surface area contributed by atoms with Crippen molar-refractivity contribution in [1.29, 1.82) is 0 Å². The number of thiazole rings is 1. The summed E-state index contributed by atoms with van der Waals surface area (Å²) in [6.45, 7) is 0.622. The fourth-order valence-electron chi connectivity index (χ4n) is 1.50. The van der Waals surface area contributed by atoms with Gasteiger partial charge in [-0.1, -0.05) is 11.6 Å². The van der Waals surface area contributed by atoms with Crippen LogP contribution in [-0.4, -0.2) is 19.2 Å². The Morgan fingerprint density at radius 3 is 2.78 bits per heavy atom. The number of nitrogens with zero attached hydrogens (tertiary/aromatic N) is 1. The second-order valence-corrected chi connectivity index (χ2v) is 4.75. The van der Waals surface area contributed by atoms with E-state index in [1.54, 1.807) is 19.6 Å². The van der Waals surface area contributed by atoms with Gasteiger partial charge in [-0.15, -0.1) is 11.3 Å². The fourth-order valence-corrected chi connectivity index (χ4v) is 2.34. The summed E-state index contributed by atoms with van der Waals surface area (Å²) in [5, 5.41) is 6.28. The molecule has 0 amide bonds. The molecule has 0 unspecified atom stereocenters. The molecule has 0 aliphatic heterocycles. The van der Waals surface area contributed by atoms with Gasteiger partial charge in [0.1, 0.15) is 16.7 Å². The first-order chi connectivity index (χ1) is 8.72. The summed E-state index contributed by atoms with van der Waals surface area (Å²) in [4.78, 5) is 4.12. The molecule has 0 spiro atoms. The molecule has 0 fully saturated rings. The highest BCUT2D eigenvalue weighted by atomic mass is 35.5. The van der Waals surface area contributed by atoms with Crippen LogP contribution in [0.2, 0.25) is 5.15 Å². The molecule has 18 heavy (non-hydrogen) atoms. The maximum Gasteiger partial charge on any atom is 0.184 e. The van der Waals surface area contributed by atoms with E-state index in [2.05, 4.69) is 10.3 Å². The summed E-state index contributed by atoms with van der Waals surface area (Å²) in [7, 11) is 3.27. The van der Waals surface area contributed by atoms with Gasteiger partial charge in [-0.2, -0.15) is 0 Å². The third-order valence-corrected chi connectivity index (χ3v) is 3.52. The van der Waals surface area contributed by atoms with Gasteiger partial charge in [0.25, 0.3) is 0 Å². The number of ether oxygens (including phenoxy) is 2. The van der Waals surface area contributed by atoms with Crippen LogP contribution in [-0.2, 0) is 6.54 Å². The van der Waals surface area contributed by atoms with E-state index in [1.165, 1.54) is 11.3 Å². The molecule has 2 aromatic rings. The number of hydrogen-bond donors (Lipinski definition) is 1. The lowest BCUT2D eigenvalue weighted by atomic mass is 10.2. The van der Waals surface area contributed by atoms with Crippen molar-refractivity contribution in [2.75, 3.05) is 19.5 Å². The van der Waals surface area contributed by atoms with Crippen LogP contribution in [0, 0.1) is 0 Å². The quantitative estimate of drug-likeness (QED) is 0.913. The van der Waals surface area contributed by atoms with Gasteiger partial charge in [0, 0.05) is 23.6 Å². The lowest BCUT2D eigenvalue weighted by molar-refractivity contribution is 0.391. The monoisotopic (exact) mass is 284 g/mol. The highest BCUT2D eigenvalue weighted by Crippen LogP contribution is 2.26. The fraction of sp³-hybridized carbons (Fsp3) is 0.250. The Bertz CT molecular complexity index is 531. The van der Waals surface area contributed by atoms with Crippen LogP contribution < -0.4 is 14.8 Å². The SMILES string of the molecule is COc1ccc(CNc2nc(Cl)cs2)c(OC)c1. The van der Waals surface area contributed by atoms with Crippen molar-refractivity contribution in [2.45, 2.75) is 6.54 Å². The van der Waals surface area contributed by atoms with Crippen molar-refractivity contribution < 1.29 is 9.47 Å². The molecule has 0 bridgehead atoms. The first-order valence-corrected chi connectivity index (χ1v) is 6.54. The minimum atomic E-state index is 0.504. The molecule has 1 heterocycles. The smallest absolute Gasteiger partial charge is 0.184 e. The predicted molar refractivity (Wildman–Crippen MR) is 74.0 cm³/mol. The normalized spacial score (nSPS) is 10.2. The molecule has 0 saturated carbocycles. The Balaban J connectivity index is 2.08. The highest BCUT2D eigenvalue weighted by Gasteiger charge is 2.06. The maximum absolute atomic E-state index is 5.76. The lowest BCUT2D eigenvalue weighted by Gasteiger charge is -2.10. The largest absolute Gasteiger partial charge is 0.497 e. The number of anilines is 1. The highest BCUT2D eigenvalue weighted by molar-refractivity contribution is 7.14. The standard InChI is InChI=1S/C12H13ClN2O2S/c1-16-9-4-3-8(10(5-9)17-2)6-14-12-15-11(13)7-18-12/h3-5,7H,6H2,1-2H3,(H,14,15). The number of hydrogen-bond acceptors (Lipinski definition) is 5. The van der Waals surface area contributed by atoms with E-state index in [4.69, 9.17) is 21.1 Å². The molecule has 0 radical (unpaired) electrons. The lowest BCUT2D eigenvalue weighted by Crippen LogP contribution is -2.01. The zero-order valence-electron chi connectivity index (χ0n) is 10.1. The molecule has 0 atom stereocenters. The number of methoxy groups -OCH3 is 2. The van der Waals surface area contributed by atoms with Gasteiger partial charge in [0.2, 0.25) is 0 Å². The molecule has 1 aromatic carbocycles. The Hall–Kier alpha value is -1.46. The zero-order valence-corrected chi connectivity index (χ0v) is 11.6. The number of aromatic nitrogens is 1. The third kappa shape index (κ3) is 3.05. The van der Waals surface area contributed by atoms with Crippen LogP contribution in [0.15, 0.2) is 23.6 Å². The average Bonchev–Trinajstić information content (AvgIpc) is 2.82. The van der Waals surface area contributed by atoms with Gasteiger partial charge in [-0.3, -0.25) is 0 Å². The van der Waals surface area contributed by atoms with Crippen molar-refractivity contribution in [3.05, 3.63) is 34.3 Å². The van der Waals surface area contributed by atoms with E-state index in [-0.39, 0.29) is 0 Å². The predicted octanol–water partition coefficient (Wildman–Crippen LogP) is 3.43. The molecule has 0 aliphatic rings. The van der Waals surface area contributed by atoms with E-state index in [9.17, 15) is 0 Å². The maximum atomic E-state index is 5.76. The van der Waals surface area contributed by atoms with E-state index < -0.39 is 0 Å². The minimum Gasteiger partial charge on any atom is -0.497 e. The van der Waals surface area contributed by atoms with E-state index in [0.717, 1.165) is 22.2 Å². The molecule has 6 heteroatoms. The molecular weight excluding hydrogens is 272 g/mol. The molecule has 96 valence electrons. The van der Waals surface area contributed by atoms with Crippen LogP contribution in [0.1, 0.15) is 5.56 Å². The van der Waals surface area contributed by atoms with Crippen molar-refractivity contribution in [1.82, 2.24) is 4.98 Å². The van der Waals surface area contributed by atoms with Gasteiger partial charge < -0.3 is 14.8 Å². The Kier molecular flexibility index (Phi) is 4.28.